The van der Waals surface area contributed by atoms with Crippen LogP contribution in [0.3, 0.4) is 0 Å². The fourth-order valence-corrected chi connectivity index (χ4v) is 5.93. The number of ether oxygens (including phenoxy) is 1. The van der Waals surface area contributed by atoms with Gasteiger partial charge in [0.1, 0.15) is 5.75 Å². The molecule has 1 aliphatic rings. The summed E-state index contributed by atoms with van der Waals surface area (Å²) in [5.41, 5.74) is 0.666. The van der Waals surface area contributed by atoms with Crippen LogP contribution in [0.15, 0.2) is 58.3 Å². The minimum atomic E-state index is -3.82. The maximum Gasteiger partial charge on any atom is 0.243 e. The summed E-state index contributed by atoms with van der Waals surface area (Å²) in [4.78, 5) is 14.0. The molecule has 0 saturated heterocycles. The maximum absolute atomic E-state index is 13.5. The van der Waals surface area contributed by atoms with Gasteiger partial charge in [-0.1, -0.05) is 25.3 Å². The molecular formula is C23H30N2O4S2. The lowest BCUT2D eigenvalue weighted by molar-refractivity contribution is -0.116. The highest BCUT2D eigenvalue weighted by atomic mass is 32.2. The second kappa shape index (κ2) is 11.0. The number of nitrogens with one attached hydrogen (secondary N) is 1. The SMILES string of the molecule is CCOc1ccc(S(=O)(=O)N(CC(=O)Nc2cccc(SC)c2)C2CCCCC2)cc1. The molecule has 0 atom stereocenters. The van der Waals surface area contributed by atoms with Crippen LogP contribution in [0.1, 0.15) is 39.0 Å². The van der Waals surface area contributed by atoms with Gasteiger partial charge in [-0.3, -0.25) is 4.79 Å². The lowest BCUT2D eigenvalue weighted by Gasteiger charge is -2.33. The molecule has 2 aromatic rings. The summed E-state index contributed by atoms with van der Waals surface area (Å²) < 4.78 is 33.8. The van der Waals surface area contributed by atoms with Crippen molar-refractivity contribution in [3.63, 3.8) is 0 Å². The molecule has 8 heteroatoms. The number of thioether (sulfide) groups is 1. The van der Waals surface area contributed by atoms with Crippen molar-refractivity contribution in [1.29, 1.82) is 0 Å². The van der Waals surface area contributed by atoms with Crippen LogP contribution in [0.25, 0.3) is 0 Å². The molecule has 168 valence electrons. The minimum Gasteiger partial charge on any atom is -0.494 e. The molecule has 0 spiro atoms. The van der Waals surface area contributed by atoms with Gasteiger partial charge in [-0.25, -0.2) is 8.42 Å². The molecule has 1 saturated carbocycles. The van der Waals surface area contributed by atoms with Gasteiger partial charge in [0.15, 0.2) is 0 Å². The number of nitrogens with zero attached hydrogens (tertiary/aromatic N) is 1. The number of benzene rings is 2. The quantitative estimate of drug-likeness (QED) is 0.543. The number of sulfonamides is 1. The van der Waals surface area contributed by atoms with Crippen LogP contribution in [-0.4, -0.2) is 44.1 Å². The fourth-order valence-electron chi connectivity index (χ4n) is 3.83. The summed E-state index contributed by atoms with van der Waals surface area (Å²) >= 11 is 1.58. The number of amides is 1. The average molecular weight is 463 g/mol. The fraction of sp³-hybridized carbons (Fsp3) is 0.435. The Balaban J connectivity index is 1.82. The summed E-state index contributed by atoms with van der Waals surface area (Å²) in [7, 11) is -3.82. The number of hydrogen-bond donors (Lipinski definition) is 1. The standard InChI is InChI=1S/C23H30N2O4S2/c1-3-29-20-12-14-22(15-13-20)31(27,28)25(19-9-5-4-6-10-19)17-23(26)24-18-8-7-11-21(16-18)30-2/h7-8,11-16,19H,3-6,9-10,17H2,1-2H3,(H,24,26). The zero-order valence-corrected chi connectivity index (χ0v) is 19.7. The van der Waals surface area contributed by atoms with Crippen LogP contribution < -0.4 is 10.1 Å². The minimum absolute atomic E-state index is 0.173. The number of rotatable bonds is 9. The topological polar surface area (TPSA) is 75.7 Å². The van der Waals surface area contributed by atoms with E-state index in [-0.39, 0.29) is 23.4 Å². The Labute approximate surface area is 189 Å². The lowest BCUT2D eigenvalue weighted by Crippen LogP contribution is -2.45. The molecule has 31 heavy (non-hydrogen) atoms. The molecule has 2 aromatic carbocycles. The van der Waals surface area contributed by atoms with Crippen molar-refractivity contribution >= 4 is 33.4 Å². The lowest BCUT2D eigenvalue weighted by atomic mass is 9.95. The van der Waals surface area contributed by atoms with Crippen LogP contribution in [-0.2, 0) is 14.8 Å². The third-order valence-electron chi connectivity index (χ3n) is 5.38. The first-order valence-electron chi connectivity index (χ1n) is 10.6. The molecule has 1 N–H and O–H groups in total. The Morgan fingerprint density at radius 2 is 1.84 bits per heavy atom. The van der Waals surface area contributed by atoms with Gasteiger partial charge >= 0.3 is 0 Å². The first-order chi connectivity index (χ1) is 14.9. The molecule has 0 radical (unpaired) electrons. The summed E-state index contributed by atoms with van der Waals surface area (Å²) in [5.74, 6) is 0.287. The van der Waals surface area contributed by atoms with E-state index in [0.717, 1.165) is 37.0 Å². The second-order valence-electron chi connectivity index (χ2n) is 7.53. The Hall–Kier alpha value is -2.03. The van der Waals surface area contributed by atoms with E-state index in [0.29, 0.717) is 18.0 Å². The Bertz CT molecular complexity index is 971. The van der Waals surface area contributed by atoms with Crippen LogP contribution in [0, 0.1) is 0 Å². The molecular weight excluding hydrogens is 432 g/mol. The zero-order chi connectivity index (χ0) is 22.3. The van der Waals surface area contributed by atoms with Crippen LogP contribution >= 0.6 is 11.8 Å². The molecule has 0 unspecified atom stereocenters. The van der Waals surface area contributed by atoms with Gasteiger partial charge in [0.2, 0.25) is 15.9 Å². The molecule has 0 heterocycles. The summed E-state index contributed by atoms with van der Waals surface area (Å²) in [6, 6.07) is 13.8. The zero-order valence-electron chi connectivity index (χ0n) is 18.0. The molecule has 0 bridgehead atoms. The second-order valence-corrected chi connectivity index (χ2v) is 10.3. The van der Waals surface area contributed by atoms with Gasteiger partial charge in [-0.15, -0.1) is 11.8 Å². The van der Waals surface area contributed by atoms with Gasteiger partial charge in [0.05, 0.1) is 18.0 Å². The number of hydrogen-bond acceptors (Lipinski definition) is 5. The van der Waals surface area contributed by atoms with Gasteiger partial charge in [0.25, 0.3) is 0 Å². The van der Waals surface area contributed by atoms with E-state index >= 15 is 0 Å². The number of carbonyl (C=O) groups excluding carboxylic acids is 1. The molecule has 6 nitrogen and oxygen atoms in total. The molecule has 1 aliphatic carbocycles. The van der Waals surface area contributed by atoms with Crippen molar-refractivity contribution in [3.05, 3.63) is 48.5 Å². The normalized spacial score (nSPS) is 15.1. The molecule has 0 aliphatic heterocycles. The number of anilines is 1. The molecule has 3 rings (SSSR count). The first-order valence-corrected chi connectivity index (χ1v) is 13.3. The van der Waals surface area contributed by atoms with Gasteiger partial charge < -0.3 is 10.1 Å². The average Bonchev–Trinajstić information content (AvgIpc) is 2.78. The summed E-state index contributed by atoms with van der Waals surface area (Å²) in [5, 5.41) is 2.86. The Morgan fingerprint density at radius 1 is 1.13 bits per heavy atom. The Morgan fingerprint density at radius 3 is 2.48 bits per heavy atom. The monoisotopic (exact) mass is 462 g/mol. The van der Waals surface area contributed by atoms with E-state index in [1.807, 2.05) is 37.4 Å². The highest BCUT2D eigenvalue weighted by Crippen LogP contribution is 2.29. The van der Waals surface area contributed by atoms with E-state index in [1.165, 1.54) is 4.31 Å². The predicted octanol–water partition coefficient (Wildman–Crippen LogP) is 4.77. The van der Waals surface area contributed by atoms with Crippen LogP contribution in [0.5, 0.6) is 5.75 Å². The third kappa shape index (κ3) is 6.24. The smallest absolute Gasteiger partial charge is 0.243 e. The largest absolute Gasteiger partial charge is 0.494 e. The van der Waals surface area contributed by atoms with Crippen molar-refractivity contribution in [2.45, 2.75) is 54.9 Å². The van der Waals surface area contributed by atoms with Crippen LogP contribution in [0.2, 0.25) is 0 Å². The van der Waals surface area contributed by atoms with Crippen LogP contribution in [0.4, 0.5) is 5.69 Å². The van der Waals surface area contributed by atoms with Crippen molar-refractivity contribution in [3.8, 4) is 5.75 Å². The molecule has 1 amide bonds. The highest BCUT2D eigenvalue weighted by Gasteiger charge is 2.34. The highest BCUT2D eigenvalue weighted by molar-refractivity contribution is 7.98. The van der Waals surface area contributed by atoms with Crippen molar-refractivity contribution in [1.82, 2.24) is 4.31 Å². The van der Waals surface area contributed by atoms with Gasteiger partial charge in [-0.2, -0.15) is 4.31 Å². The van der Waals surface area contributed by atoms with Crippen molar-refractivity contribution < 1.29 is 17.9 Å². The van der Waals surface area contributed by atoms with Crippen molar-refractivity contribution in [2.24, 2.45) is 0 Å². The van der Waals surface area contributed by atoms with E-state index < -0.39 is 10.0 Å². The van der Waals surface area contributed by atoms with E-state index in [1.54, 1.807) is 36.0 Å². The molecule has 1 fully saturated rings. The van der Waals surface area contributed by atoms with E-state index in [2.05, 4.69) is 5.32 Å². The van der Waals surface area contributed by atoms with E-state index in [4.69, 9.17) is 4.74 Å². The molecule has 0 aromatic heterocycles. The maximum atomic E-state index is 13.5. The van der Waals surface area contributed by atoms with Gasteiger partial charge in [0, 0.05) is 16.6 Å². The number of carbonyl (C=O) groups is 1. The van der Waals surface area contributed by atoms with Gasteiger partial charge in [-0.05, 0) is 68.5 Å². The first kappa shape index (κ1) is 23.6. The van der Waals surface area contributed by atoms with E-state index in [9.17, 15) is 13.2 Å². The van der Waals surface area contributed by atoms with Crippen molar-refractivity contribution in [2.75, 3.05) is 24.7 Å². The Kier molecular flexibility index (Phi) is 8.40. The summed E-state index contributed by atoms with van der Waals surface area (Å²) in [6.07, 6.45) is 6.54. The predicted molar refractivity (Wildman–Crippen MR) is 125 cm³/mol. The third-order valence-corrected chi connectivity index (χ3v) is 8.01. The summed E-state index contributed by atoms with van der Waals surface area (Å²) in [6.45, 7) is 2.19.